The standard InChI is InChI=1S/C13H18ClN3O2S/c1-3-20(18,19)9-8-17-12(6-7-14)16-11-5-4-10(2)15-13(11)17/h4-5H,3,6-9H2,1-2H3. The molecule has 0 saturated heterocycles. The molecule has 0 amide bonds. The fourth-order valence-electron chi connectivity index (χ4n) is 2.03. The van der Waals surface area contributed by atoms with Gasteiger partial charge in [0.15, 0.2) is 15.5 Å². The summed E-state index contributed by atoms with van der Waals surface area (Å²) >= 11 is 5.79. The van der Waals surface area contributed by atoms with E-state index in [1.807, 2.05) is 23.6 Å². The molecule has 20 heavy (non-hydrogen) atoms. The maximum atomic E-state index is 11.7. The van der Waals surface area contributed by atoms with Crippen LogP contribution in [0.1, 0.15) is 18.4 Å². The van der Waals surface area contributed by atoms with Crippen molar-refractivity contribution < 1.29 is 8.42 Å². The second-order valence-electron chi connectivity index (χ2n) is 4.65. The van der Waals surface area contributed by atoms with Gasteiger partial charge in [-0.3, -0.25) is 0 Å². The molecule has 110 valence electrons. The number of nitrogens with zero attached hydrogens (tertiary/aromatic N) is 3. The summed E-state index contributed by atoms with van der Waals surface area (Å²) in [5, 5.41) is 0. The van der Waals surface area contributed by atoms with Gasteiger partial charge in [0.05, 0.1) is 5.75 Å². The van der Waals surface area contributed by atoms with Crippen molar-refractivity contribution in [2.75, 3.05) is 17.4 Å². The van der Waals surface area contributed by atoms with Crippen LogP contribution >= 0.6 is 11.6 Å². The van der Waals surface area contributed by atoms with Gasteiger partial charge in [-0.1, -0.05) is 6.92 Å². The largest absolute Gasteiger partial charge is 0.312 e. The summed E-state index contributed by atoms with van der Waals surface area (Å²) in [5.74, 6) is 1.49. The number of halogens is 1. The Balaban J connectivity index is 2.42. The zero-order valence-electron chi connectivity index (χ0n) is 11.6. The van der Waals surface area contributed by atoms with E-state index in [2.05, 4.69) is 9.97 Å². The van der Waals surface area contributed by atoms with Crippen molar-refractivity contribution in [2.45, 2.75) is 26.8 Å². The number of hydrogen-bond acceptors (Lipinski definition) is 4. The molecule has 0 aliphatic rings. The zero-order valence-corrected chi connectivity index (χ0v) is 13.2. The van der Waals surface area contributed by atoms with Gasteiger partial charge in [-0.15, -0.1) is 11.6 Å². The van der Waals surface area contributed by atoms with Crippen LogP contribution in [0.15, 0.2) is 12.1 Å². The van der Waals surface area contributed by atoms with Gasteiger partial charge in [-0.25, -0.2) is 18.4 Å². The highest BCUT2D eigenvalue weighted by Gasteiger charge is 2.15. The van der Waals surface area contributed by atoms with Gasteiger partial charge in [0.1, 0.15) is 11.3 Å². The molecule has 0 N–H and O–H groups in total. The zero-order chi connectivity index (χ0) is 14.8. The number of hydrogen-bond donors (Lipinski definition) is 0. The summed E-state index contributed by atoms with van der Waals surface area (Å²) in [4.78, 5) is 8.96. The molecule has 0 atom stereocenters. The van der Waals surface area contributed by atoms with Crippen LogP contribution in [0, 0.1) is 6.92 Å². The molecule has 0 aliphatic carbocycles. The molecule has 0 aromatic carbocycles. The third-order valence-electron chi connectivity index (χ3n) is 3.19. The Morgan fingerprint density at radius 2 is 2.05 bits per heavy atom. The number of alkyl halides is 1. The number of sulfone groups is 1. The van der Waals surface area contributed by atoms with Gasteiger partial charge in [0, 0.05) is 30.3 Å². The van der Waals surface area contributed by atoms with E-state index in [1.54, 1.807) is 6.92 Å². The maximum Gasteiger partial charge on any atom is 0.160 e. The van der Waals surface area contributed by atoms with Crippen molar-refractivity contribution in [1.82, 2.24) is 14.5 Å². The van der Waals surface area contributed by atoms with Gasteiger partial charge in [0.2, 0.25) is 0 Å². The molecular weight excluding hydrogens is 298 g/mol. The van der Waals surface area contributed by atoms with Crippen LogP contribution in [-0.4, -0.2) is 40.3 Å². The minimum Gasteiger partial charge on any atom is -0.312 e. The van der Waals surface area contributed by atoms with Crippen molar-refractivity contribution in [3.05, 3.63) is 23.7 Å². The molecule has 0 radical (unpaired) electrons. The van der Waals surface area contributed by atoms with Crippen molar-refractivity contribution >= 4 is 32.6 Å². The van der Waals surface area contributed by atoms with Crippen molar-refractivity contribution in [2.24, 2.45) is 0 Å². The number of imidazole rings is 1. The van der Waals surface area contributed by atoms with Crippen LogP contribution in [0.3, 0.4) is 0 Å². The fourth-order valence-corrected chi connectivity index (χ4v) is 2.95. The summed E-state index contributed by atoms with van der Waals surface area (Å²) in [6, 6.07) is 3.80. The lowest BCUT2D eigenvalue weighted by Crippen LogP contribution is -2.16. The van der Waals surface area contributed by atoms with Gasteiger partial charge >= 0.3 is 0 Å². The number of fused-ring (bicyclic) bond motifs is 1. The number of aromatic nitrogens is 3. The number of rotatable bonds is 6. The molecule has 7 heteroatoms. The highest BCUT2D eigenvalue weighted by atomic mass is 35.5. The Hall–Kier alpha value is -1.14. The predicted octanol–water partition coefficient (Wildman–Crippen LogP) is 1.96. The first-order valence-electron chi connectivity index (χ1n) is 6.56. The average molecular weight is 316 g/mol. The van der Waals surface area contributed by atoms with Gasteiger partial charge < -0.3 is 4.57 Å². The SMILES string of the molecule is CCS(=O)(=O)CCn1c(CCCl)nc2ccc(C)nc21. The molecule has 0 bridgehead atoms. The number of aryl methyl sites for hydroxylation is 3. The quantitative estimate of drug-likeness (QED) is 0.764. The third kappa shape index (κ3) is 3.30. The first-order chi connectivity index (χ1) is 9.46. The van der Waals surface area contributed by atoms with Crippen molar-refractivity contribution in [3.8, 4) is 0 Å². The van der Waals surface area contributed by atoms with E-state index in [1.165, 1.54) is 0 Å². The van der Waals surface area contributed by atoms with Gasteiger partial charge in [-0.05, 0) is 19.1 Å². The highest BCUT2D eigenvalue weighted by Crippen LogP contribution is 2.16. The van der Waals surface area contributed by atoms with E-state index in [0.29, 0.717) is 18.8 Å². The summed E-state index contributed by atoms with van der Waals surface area (Å²) in [6.07, 6.45) is 0.600. The van der Waals surface area contributed by atoms with Crippen LogP contribution < -0.4 is 0 Å². The van der Waals surface area contributed by atoms with Crippen LogP contribution in [0.5, 0.6) is 0 Å². The maximum absolute atomic E-state index is 11.7. The molecule has 5 nitrogen and oxygen atoms in total. The molecule has 2 aromatic heterocycles. The summed E-state index contributed by atoms with van der Waals surface area (Å²) in [6.45, 7) is 3.93. The Labute approximate surface area is 123 Å². The van der Waals surface area contributed by atoms with Crippen LogP contribution in [0.2, 0.25) is 0 Å². The Kier molecular flexibility index (Phi) is 4.65. The van der Waals surface area contributed by atoms with Crippen molar-refractivity contribution in [1.29, 1.82) is 0 Å². The second kappa shape index (κ2) is 6.10. The normalized spacial score (nSPS) is 12.2. The lowest BCUT2D eigenvalue weighted by atomic mass is 10.3. The minimum atomic E-state index is -3.02. The molecule has 0 fully saturated rings. The molecule has 0 unspecified atom stereocenters. The monoisotopic (exact) mass is 315 g/mol. The van der Waals surface area contributed by atoms with Crippen LogP contribution in [0.25, 0.3) is 11.2 Å². The summed E-state index contributed by atoms with van der Waals surface area (Å²) < 4.78 is 25.2. The Morgan fingerprint density at radius 3 is 2.70 bits per heavy atom. The van der Waals surface area contributed by atoms with E-state index >= 15 is 0 Å². The van der Waals surface area contributed by atoms with E-state index in [9.17, 15) is 8.42 Å². The third-order valence-corrected chi connectivity index (χ3v) is 5.07. The first kappa shape index (κ1) is 15.3. The summed E-state index contributed by atoms with van der Waals surface area (Å²) in [5.41, 5.74) is 2.40. The second-order valence-corrected chi connectivity index (χ2v) is 7.50. The van der Waals surface area contributed by atoms with Gasteiger partial charge in [-0.2, -0.15) is 0 Å². The fraction of sp³-hybridized carbons (Fsp3) is 0.538. The topological polar surface area (TPSA) is 64.8 Å². The smallest absolute Gasteiger partial charge is 0.160 e. The van der Waals surface area contributed by atoms with Crippen LogP contribution in [0.4, 0.5) is 0 Å². The first-order valence-corrected chi connectivity index (χ1v) is 8.91. The van der Waals surface area contributed by atoms with Gasteiger partial charge in [0.25, 0.3) is 0 Å². The molecular formula is C13H18ClN3O2S. The predicted molar refractivity (Wildman–Crippen MR) is 81.0 cm³/mol. The number of pyridine rings is 1. The molecule has 0 spiro atoms. The summed E-state index contributed by atoms with van der Waals surface area (Å²) in [7, 11) is -3.02. The molecule has 2 aromatic rings. The van der Waals surface area contributed by atoms with Crippen LogP contribution in [-0.2, 0) is 22.8 Å². The van der Waals surface area contributed by atoms with Crippen molar-refractivity contribution in [3.63, 3.8) is 0 Å². The average Bonchev–Trinajstić information content (AvgIpc) is 2.74. The lowest BCUT2D eigenvalue weighted by molar-refractivity contribution is 0.589. The molecule has 0 saturated carbocycles. The highest BCUT2D eigenvalue weighted by molar-refractivity contribution is 7.91. The molecule has 0 aliphatic heterocycles. The Morgan fingerprint density at radius 1 is 1.30 bits per heavy atom. The molecule has 2 rings (SSSR count). The van der Waals surface area contributed by atoms with E-state index in [-0.39, 0.29) is 11.5 Å². The van der Waals surface area contributed by atoms with E-state index < -0.39 is 9.84 Å². The lowest BCUT2D eigenvalue weighted by Gasteiger charge is -2.08. The van der Waals surface area contributed by atoms with E-state index in [4.69, 9.17) is 11.6 Å². The van der Waals surface area contributed by atoms with E-state index in [0.717, 1.165) is 22.7 Å². The molecule has 2 heterocycles. The Bertz CT molecular complexity index is 710. The minimum absolute atomic E-state index is 0.0971.